The van der Waals surface area contributed by atoms with Crippen LogP contribution in [0.2, 0.25) is 0 Å². The third-order valence-corrected chi connectivity index (χ3v) is 5.50. The number of guanidine groups is 1. The van der Waals surface area contributed by atoms with Crippen molar-refractivity contribution < 1.29 is 9.53 Å². The Hall–Kier alpha value is -0.610. The van der Waals surface area contributed by atoms with Gasteiger partial charge in [0.25, 0.3) is 0 Å². The van der Waals surface area contributed by atoms with Crippen molar-refractivity contribution in [3.8, 4) is 0 Å². The van der Waals surface area contributed by atoms with E-state index in [2.05, 4.69) is 27.0 Å². The van der Waals surface area contributed by atoms with E-state index < -0.39 is 0 Å². The van der Waals surface area contributed by atoms with Gasteiger partial charge in [0.2, 0.25) is 5.91 Å². The monoisotopic (exact) mass is 479 g/mol. The van der Waals surface area contributed by atoms with E-state index in [1.807, 2.05) is 11.9 Å². The molecule has 2 atom stereocenters. The summed E-state index contributed by atoms with van der Waals surface area (Å²) in [7, 11) is 1.87. The summed E-state index contributed by atoms with van der Waals surface area (Å²) in [6, 6.07) is 0.611. The second kappa shape index (κ2) is 10.7. The van der Waals surface area contributed by atoms with E-state index in [0.29, 0.717) is 25.8 Å². The molecule has 26 heavy (non-hydrogen) atoms. The molecule has 1 amide bonds. The molecular formula is C18H34IN5O2. The van der Waals surface area contributed by atoms with E-state index in [0.717, 1.165) is 51.1 Å². The Kier molecular flexibility index (Phi) is 8.89. The highest BCUT2D eigenvalue weighted by molar-refractivity contribution is 14.0. The molecule has 0 radical (unpaired) electrons. The molecule has 2 aliphatic heterocycles. The van der Waals surface area contributed by atoms with E-state index in [-0.39, 0.29) is 29.9 Å². The summed E-state index contributed by atoms with van der Waals surface area (Å²) in [6.07, 6.45) is 3.85. The molecule has 0 spiro atoms. The van der Waals surface area contributed by atoms with E-state index in [4.69, 9.17) is 4.74 Å². The van der Waals surface area contributed by atoms with Crippen LogP contribution in [0.5, 0.6) is 0 Å². The number of carbonyl (C=O) groups is 1. The molecule has 1 aliphatic carbocycles. The molecule has 2 heterocycles. The number of morpholine rings is 1. The molecule has 3 fully saturated rings. The predicted octanol–water partition coefficient (Wildman–Crippen LogP) is 0.845. The van der Waals surface area contributed by atoms with Gasteiger partial charge in [0.1, 0.15) is 0 Å². The minimum absolute atomic E-state index is 0. The lowest BCUT2D eigenvalue weighted by molar-refractivity contribution is -0.136. The van der Waals surface area contributed by atoms with Gasteiger partial charge in [0.15, 0.2) is 5.96 Å². The summed E-state index contributed by atoms with van der Waals surface area (Å²) in [5.41, 5.74) is 0. The molecule has 1 N–H and O–H groups in total. The summed E-state index contributed by atoms with van der Waals surface area (Å²) < 4.78 is 5.32. The minimum Gasteiger partial charge on any atom is -0.378 e. The number of piperazine rings is 1. The third kappa shape index (κ3) is 5.95. The van der Waals surface area contributed by atoms with E-state index in [9.17, 15) is 4.79 Å². The first-order chi connectivity index (χ1) is 12.2. The van der Waals surface area contributed by atoms with Crippen molar-refractivity contribution in [3.05, 3.63) is 0 Å². The van der Waals surface area contributed by atoms with Gasteiger partial charge < -0.3 is 19.9 Å². The van der Waals surface area contributed by atoms with Crippen LogP contribution < -0.4 is 5.32 Å². The fraction of sp³-hybridized carbons (Fsp3) is 0.889. The van der Waals surface area contributed by atoms with Gasteiger partial charge in [-0.05, 0) is 18.8 Å². The number of nitrogens with one attached hydrogen (secondary N) is 1. The van der Waals surface area contributed by atoms with Gasteiger partial charge in [0, 0.05) is 52.4 Å². The number of nitrogens with zero attached hydrogens (tertiary/aromatic N) is 4. The molecule has 8 heteroatoms. The Morgan fingerprint density at radius 3 is 2.42 bits per heavy atom. The van der Waals surface area contributed by atoms with Crippen molar-refractivity contribution in [1.82, 2.24) is 20.0 Å². The SMILES string of the molecule is CCCC1CC1NC(=NC)N1CCN(CC(=O)N2CCOCC2)CC1.I. The molecule has 0 aromatic carbocycles. The largest absolute Gasteiger partial charge is 0.378 e. The lowest BCUT2D eigenvalue weighted by Gasteiger charge is -2.37. The van der Waals surface area contributed by atoms with Crippen LogP contribution >= 0.6 is 24.0 Å². The van der Waals surface area contributed by atoms with Gasteiger partial charge >= 0.3 is 0 Å². The lowest BCUT2D eigenvalue weighted by atomic mass is 10.2. The van der Waals surface area contributed by atoms with E-state index >= 15 is 0 Å². The molecule has 150 valence electrons. The first kappa shape index (κ1) is 21.7. The van der Waals surface area contributed by atoms with Crippen LogP contribution in [-0.2, 0) is 9.53 Å². The van der Waals surface area contributed by atoms with Crippen LogP contribution in [0, 0.1) is 5.92 Å². The van der Waals surface area contributed by atoms with Crippen molar-refractivity contribution in [1.29, 1.82) is 0 Å². The molecule has 3 rings (SSSR count). The highest BCUT2D eigenvalue weighted by Gasteiger charge is 2.37. The summed E-state index contributed by atoms with van der Waals surface area (Å²) in [4.78, 5) is 23.4. The van der Waals surface area contributed by atoms with Crippen molar-refractivity contribution in [2.24, 2.45) is 10.9 Å². The molecule has 0 aromatic rings. The fourth-order valence-corrected chi connectivity index (χ4v) is 3.80. The maximum Gasteiger partial charge on any atom is 0.236 e. The molecule has 0 aromatic heterocycles. The average molecular weight is 479 g/mol. The number of hydrogen-bond acceptors (Lipinski definition) is 4. The number of halogens is 1. The van der Waals surface area contributed by atoms with Crippen LogP contribution in [0.1, 0.15) is 26.2 Å². The van der Waals surface area contributed by atoms with Crippen LogP contribution in [0.25, 0.3) is 0 Å². The number of rotatable bonds is 5. The first-order valence-corrected chi connectivity index (χ1v) is 9.77. The van der Waals surface area contributed by atoms with E-state index in [1.54, 1.807) is 0 Å². The van der Waals surface area contributed by atoms with Gasteiger partial charge in [-0.15, -0.1) is 24.0 Å². The quantitative estimate of drug-likeness (QED) is 0.360. The van der Waals surface area contributed by atoms with Crippen LogP contribution in [0.4, 0.5) is 0 Å². The smallest absolute Gasteiger partial charge is 0.236 e. The molecule has 3 aliphatic rings. The fourth-order valence-electron chi connectivity index (χ4n) is 3.80. The lowest BCUT2D eigenvalue weighted by Crippen LogP contribution is -2.55. The number of hydrogen-bond donors (Lipinski definition) is 1. The zero-order chi connectivity index (χ0) is 17.6. The molecule has 7 nitrogen and oxygen atoms in total. The summed E-state index contributed by atoms with van der Waals surface area (Å²) in [6.45, 7) is 9.28. The summed E-state index contributed by atoms with van der Waals surface area (Å²) >= 11 is 0. The number of amides is 1. The number of aliphatic imine (C=N–C) groups is 1. The molecule has 0 bridgehead atoms. The highest BCUT2D eigenvalue weighted by Crippen LogP contribution is 2.34. The van der Waals surface area contributed by atoms with Gasteiger partial charge in [-0.2, -0.15) is 0 Å². The minimum atomic E-state index is 0. The zero-order valence-corrected chi connectivity index (χ0v) is 18.5. The second-order valence-corrected chi connectivity index (χ2v) is 7.34. The van der Waals surface area contributed by atoms with Crippen LogP contribution in [-0.4, -0.2) is 98.7 Å². The Labute approximate surface area is 174 Å². The molecule has 2 saturated heterocycles. The number of carbonyl (C=O) groups excluding carboxylic acids is 1. The van der Waals surface area contributed by atoms with Crippen molar-refractivity contribution >= 4 is 35.8 Å². The van der Waals surface area contributed by atoms with Crippen molar-refractivity contribution in [2.75, 3.05) is 66.1 Å². The standard InChI is InChI=1S/C18H33N5O2.HI/c1-3-4-15-13-16(15)20-18(19-2)23-7-5-21(6-8-23)14-17(24)22-9-11-25-12-10-22;/h15-16H,3-14H2,1-2H3,(H,19,20);1H. The van der Waals surface area contributed by atoms with Crippen molar-refractivity contribution in [2.45, 2.75) is 32.2 Å². The second-order valence-electron chi connectivity index (χ2n) is 7.34. The molecule has 2 unspecified atom stereocenters. The number of ether oxygens (including phenoxy) is 1. The maximum atomic E-state index is 12.4. The van der Waals surface area contributed by atoms with E-state index in [1.165, 1.54) is 19.3 Å². The first-order valence-electron chi connectivity index (χ1n) is 9.77. The molecular weight excluding hydrogens is 445 g/mol. The Morgan fingerprint density at radius 2 is 1.81 bits per heavy atom. The summed E-state index contributed by atoms with van der Waals surface area (Å²) in [5.74, 6) is 2.09. The highest BCUT2D eigenvalue weighted by atomic mass is 127. The predicted molar refractivity (Wildman–Crippen MR) is 114 cm³/mol. The third-order valence-electron chi connectivity index (χ3n) is 5.50. The Morgan fingerprint density at radius 1 is 1.12 bits per heavy atom. The Balaban J connectivity index is 0.00000243. The van der Waals surface area contributed by atoms with Crippen molar-refractivity contribution in [3.63, 3.8) is 0 Å². The topological polar surface area (TPSA) is 60.4 Å². The molecule has 1 saturated carbocycles. The van der Waals surface area contributed by atoms with Gasteiger partial charge in [-0.1, -0.05) is 13.3 Å². The van der Waals surface area contributed by atoms with Gasteiger partial charge in [0.05, 0.1) is 19.8 Å². The van der Waals surface area contributed by atoms with Gasteiger partial charge in [-0.25, -0.2) is 0 Å². The normalized spacial score (nSPS) is 27.1. The maximum absolute atomic E-state index is 12.4. The van der Waals surface area contributed by atoms with Gasteiger partial charge in [-0.3, -0.25) is 14.7 Å². The zero-order valence-electron chi connectivity index (χ0n) is 16.2. The Bertz CT molecular complexity index is 476. The summed E-state index contributed by atoms with van der Waals surface area (Å²) in [5, 5.41) is 3.62. The van der Waals surface area contributed by atoms with Crippen LogP contribution in [0.15, 0.2) is 4.99 Å². The average Bonchev–Trinajstić information content (AvgIpc) is 3.39. The van der Waals surface area contributed by atoms with Crippen LogP contribution in [0.3, 0.4) is 0 Å².